The molecule has 1 atom stereocenters. The third kappa shape index (κ3) is 8.39. The summed E-state index contributed by atoms with van der Waals surface area (Å²) in [6.07, 6.45) is -2.33. The molecule has 3 aromatic rings. The number of anilines is 1. The molecule has 0 aliphatic heterocycles. The lowest BCUT2D eigenvalue weighted by Gasteiger charge is -2.29. The van der Waals surface area contributed by atoms with Gasteiger partial charge < -0.3 is 30.0 Å². The molecule has 0 spiro atoms. The minimum atomic E-state index is -1.04. The highest BCUT2D eigenvalue weighted by Gasteiger charge is 2.26. The molecular weight excluding hydrogens is 547 g/mol. The van der Waals surface area contributed by atoms with E-state index in [0.29, 0.717) is 32.9 Å². The first-order valence-electron chi connectivity index (χ1n) is 12.3. The molecule has 0 saturated heterocycles. The molecule has 3 rings (SSSR count). The number of nitrogens with zero attached hydrogens (tertiary/aromatic N) is 3. The van der Waals surface area contributed by atoms with Crippen molar-refractivity contribution in [3.63, 3.8) is 0 Å². The van der Waals surface area contributed by atoms with Crippen LogP contribution in [0.5, 0.6) is 5.75 Å². The topological polar surface area (TPSA) is 129 Å². The lowest BCUT2D eigenvalue weighted by atomic mass is 10.1. The molecule has 0 unspecified atom stereocenters. The lowest BCUT2D eigenvalue weighted by Crippen LogP contribution is -2.41. The summed E-state index contributed by atoms with van der Waals surface area (Å²) < 4.78 is 17.9. The van der Waals surface area contributed by atoms with Gasteiger partial charge in [-0.05, 0) is 71.4 Å². The van der Waals surface area contributed by atoms with Gasteiger partial charge in [0.05, 0.1) is 35.4 Å². The van der Waals surface area contributed by atoms with Crippen LogP contribution in [0.4, 0.5) is 15.3 Å². The molecular formula is C27H34Cl2N4O6. The van der Waals surface area contributed by atoms with E-state index in [1.165, 1.54) is 4.90 Å². The number of benzene rings is 2. The minimum Gasteiger partial charge on any atom is -0.492 e. The molecule has 12 heteroatoms. The predicted molar refractivity (Wildman–Crippen MR) is 151 cm³/mol. The molecule has 1 heterocycles. The molecule has 0 aliphatic rings. The molecule has 1 amide bonds. The van der Waals surface area contributed by atoms with Gasteiger partial charge in [-0.25, -0.2) is 9.59 Å². The van der Waals surface area contributed by atoms with E-state index >= 15 is 0 Å². The number of amides is 1. The van der Waals surface area contributed by atoms with E-state index in [-0.39, 0.29) is 24.8 Å². The number of nitrogens with two attached hydrogens (primary N) is 1. The second-order valence-electron chi connectivity index (χ2n) is 10.9. The van der Waals surface area contributed by atoms with Gasteiger partial charge in [-0.1, -0.05) is 29.3 Å². The number of rotatable bonds is 7. The quantitative estimate of drug-likeness (QED) is 0.322. The van der Waals surface area contributed by atoms with Crippen LogP contribution in [-0.2, 0) is 9.47 Å². The molecule has 2 aromatic carbocycles. The maximum atomic E-state index is 12.9. The summed E-state index contributed by atoms with van der Waals surface area (Å²) in [5, 5.41) is 16.0. The van der Waals surface area contributed by atoms with E-state index in [1.807, 2.05) is 0 Å². The van der Waals surface area contributed by atoms with Crippen LogP contribution in [0.25, 0.3) is 10.9 Å². The Morgan fingerprint density at radius 3 is 2.33 bits per heavy atom. The zero-order valence-electron chi connectivity index (χ0n) is 22.8. The number of ether oxygens (including phenoxy) is 3. The Morgan fingerprint density at radius 1 is 1.05 bits per heavy atom. The fraction of sp³-hybridized carbons (Fsp3) is 0.444. The van der Waals surface area contributed by atoms with E-state index in [4.69, 9.17) is 43.1 Å². The van der Waals surface area contributed by atoms with Gasteiger partial charge in [0, 0.05) is 11.5 Å². The van der Waals surface area contributed by atoms with Crippen LogP contribution >= 0.6 is 23.2 Å². The molecule has 0 fully saturated rings. The Morgan fingerprint density at radius 2 is 1.72 bits per heavy atom. The Hall–Kier alpha value is -3.21. The van der Waals surface area contributed by atoms with Gasteiger partial charge >= 0.3 is 12.2 Å². The average Bonchev–Trinajstić information content (AvgIpc) is 3.14. The van der Waals surface area contributed by atoms with E-state index < -0.39 is 29.5 Å². The van der Waals surface area contributed by atoms with Gasteiger partial charge in [-0.15, -0.1) is 5.10 Å². The summed E-state index contributed by atoms with van der Waals surface area (Å²) >= 11 is 12.2. The highest BCUT2D eigenvalue weighted by Crippen LogP contribution is 2.28. The molecule has 1 aromatic heterocycles. The Labute approximate surface area is 237 Å². The zero-order valence-corrected chi connectivity index (χ0v) is 24.3. The number of carbonyl (C=O) groups excluding carboxylic acids is 2. The largest absolute Gasteiger partial charge is 0.492 e. The van der Waals surface area contributed by atoms with Crippen molar-refractivity contribution < 1.29 is 28.9 Å². The third-order valence-electron chi connectivity index (χ3n) is 5.25. The van der Waals surface area contributed by atoms with Gasteiger partial charge in [-0.3, -0.25) is 0 Å². The van der Waals surface area contributed by atoms with Crippen molar-refractivity contribution >= 4 is 52.0 Å². The lowest BCUT2D eigenvalue weighted by molar-refractivity contribution is 0.0117. The second-order valence-corrected chi connectivity index (χ2v) is 11.7. The van der Waals surface area contributed by atoms with Crippen molar-refractivity contribution in [3.05, 3.63) is 52.1 Å². The van der Waals surface area contributed by atoms with Crippen LogP contribution < -0.4 is 10.5 Å². The normalized spacial score (nSPS) is 12.7. The first-order chi connectivity index (χ1) is 18.0. The fourth-order valence-electron chi connectivity index (χ4n) is 3.53. The number of fused-ring (bicyclic) bond motifs is 1. The van der Waals surface area contributed by atoms with E-state index in [0.717, 1.165) is 4.68 Å². The maximum absolute atomic E-state index is 12.9. The summed E-state index contributed by atoms with van der Waals surface area (Å²) in [6.45, 7) is 10.6. The van der Waals surface area contributed by atoms with Crippen LogP contribution in [0.3, 0.4) is 0 Å². The van der Waals surface area contributed by atoms with Crippen LogP contribution in [0.15, 0.2) is 36.4 Å². The zero-order chi connectivity index (χ0) is 29.1. The number of aromatic nitrogens is 2. The molecule has 212 valence electrons. The van der Waals surface area contributed by atoms with Gasteiger partial charge in [0.25, 0.3) is 0 Å². The fourth-order valence-corrected chi connectivity index (χ4v) is 3.88. The number of hydrogen-bond donors (Lipinski definition) is 2. The van der Waals surface area contributed by atoms with Gasteiger partial charge in [0.15, 0.2) is 5.15 Å². The van der Waals surface area contributed by atoms with Crippen LogP contribution in [0.2, 0.25) is 10.2 Å². The average molecular weight is 581 g/mol. The molecule has 0 radical (unpaired) electrons. The standard InChI is InChI=1S/C27H34Cl2N4O6/c1-26(2,3)38-24(35)32(15-22(34)16-7-10-19(28)20(30)13-16)11-12-37-17-8-9-18-21(14-17)33(31-23(18)29)25(36)39-27(4,5)6/h7-10,13-14,22,34H,11-12,15,30H2,1-6H3/t22-/m0/s1. The van der Waals surface area contributed by atoms with Crippen molar-refractivity contribution in [1.29, 1.82) is 0 Å². The van der Waals surface area contributed by atoms with Gasteiger partial charge in [0.2, 0.25) is 0 Å². The molecule has 3 N–H and O–H groups in total. The smallest absolute Gasteiger partial charge is 0.435 e. The summed E-state index contributed by atoms with van der Waals surface area (Å²) in [5.74, 6) is 0.416. The van der Waals surface area contributed by atoms with Crippen molar-refractivity contribution in [2.75, 3.05) is 25.4 Å². The summed E-state index contributed by atoms with van der Waals surface area (Å²) in [6, 6.07) is 9.76. The maximum Gasteiger partial charge on any atom is 0.435 e. The monoisotopic (exact) mass is 580 g/mol. The highest BCUT2D eigenvalue weighted by atomic mass is 35.5. The van der Waals surface area contributed by atoms with Crippen LogP contribution in [0.1, 0.15) is 53.2 Å². The first-order valence-corrected chi connectivity index (χ1v) is 13.0. The predicted octanol–water partition coefficient (Wildman–Crippen LogP) is 6.06. The third-order valence-corrected chi connectivity index (χ3v) is 5.88. The Balaban J connectivity index is 1.76. The van der Waals surface area contributed by atoms with Crippen molar-refractivity contribution in [3.8, 4) is 5.75 Å². The van der Waals surface area contributed by atoms with Crippen molar-refractivity contribution in [2.45, 2.75) is 58.8 Å². The number of nitrogen functional groups attached to an aromatic ring is 1. The van der Waals surface area contributed by atoms with Gasteiger partial charge in [-0.2, -0.15) is 4.68 Å². The van der Waals surface area contributed by atoms with E-state index in [9.17, 15) is 14.7 Å². The molecule has 0 aliphatic carbocycles. The Kier molecular flexibility index (Phi) is 9.25. The SMILES string of the molecule is CC(C)(C)OC(=O)N(CCOc1ccc2c(Cl)nn(C(=O)OC(C)(C)C)c2c1)C[C@H](O)c1ccc(Cl)c(N)c1. The second kappa shape index (κ2) is 11.9. The molecule has 39 heavy (non-hydrogen) atoms. The molecule has 0 saturated carbocycles. The minimum absolute atomic E-state index is 0.0640. The number of halogens is 2. The summed E-state index contributed by atoms with van der Waals surface area (Å²) in [5.41, 5.74) is 5.64. The highest BCUT2D eigenvalue weighted by molar-refractivity contribution is 6.34. The number of aliphatic hydroxyl groups is 1. The summed E-state index contributed by atoms with van der Waals surface area (Å²) in [7, 11) is 0. The molecule has 0 bridgehead atoms. The van der Waals surface area contributed by atoms with Crippen LogP contribution in [0, 0.1) is 0 Å². The van der Waals surface area contributed by atoms with E-state index in [1.54, 1.807) is 77.9 Å². The Bertz CT molecular complexity index is 1350. The number of carbonyl (C=O) groups is 2. The summed E-state index contributed by atoms with van der Waals surface area (Å²) in [4.78, 5) is 26.9. The first kappa shape index (κ1) is 30.3. The number of aliphatic hydroxyl groups excluding tert-OH is 1. The van der Waals surface area contributed by atoms with Gasteiger partial charge in [0.1, 0.15) is 23.6 Å². The van der Waals surface area contributed by atoms with Crippen molar-refractivity contribution in [2.24, 2.45) is 0 Å². The van der Waals surface area contributed by atoms with Crippen molar-refractivity contribution in [1.82, 2.24) is 14.7 Å². The van der Waals surface area contributed by atoms with Crippen LogP contribution in [-0.4, -0.2) is 62.9 Å². The van der Waals surface area contributed by atoms with E-state index in [2.05, 4.69) is 5.10 Å². The molecule has 10 nitrogen and oxygen atoms in total. The number of hydrogen-bond acceptors (Lipinski definition) is 8.